The van der Waals surface area contributed by atoms with Crippen LogP contribution in [0.4, 0.5) is 0 Å². The van der Waals surface area contributed by atoms with Crippen molar-refractivity contribution < 1.29 is 5.11 Å². The number of imidazole rings is 1. The van der Waals surface area contributed by atoms with Gasteiger partial charge in [-0.3, -0.25) is 0 Å². The Balaban J connectivity index is 1.51. The summed E-state index contributed by atoms with van der Waals surface area (Å²) in [4.78, 5) is 9.19. The van der Waals surface area contributed by atoms with Crippen LogP contribution < -0.4 is 0 Å². The molecule has 5 heteroatoms. The van der Waals surface area contributed by atoms with Gasteiger partial charge in [-0.1, -0.05) is 0 Å². The molecule has 1 saturated heterocycles. The van der Waals surface area contributed by atoms with Crippen LogP contribution in [0, 0.1) is 19.8 Å². The molecule has 3 rings (SSSR count). The van der Waals surface area contributed by atoms with Crippen LogP contribution in [-0.4, -0.2) is 70.8 Å². The van der Waals surface area contributed by atoms with Crippen molar-refractivity contribution in [2.75, 3.05) is 40.3 Å². The number of aromatic nitrogens is 2. The van der Waals surface area contributed by atoms with Crippen molar-refractivity contribution in [2.45, 2.75) is 45.8 Å². The van der Waals surface area contributed by atoms with E-state index in [2.05, 4.69) is 59.4 Å². The lowest BCUT2D eigenvalue weighted by atomic mass is 9.93. The monoisotopic (exact) mass is 358 g/mol. The molecule has 1 N–H and O–H groups in total. The van der Waals surface area contributed by atoms with Crippen molar-refractivity contribution in [1.82, 2.24) is 19.4 Å². The maximum absolute atomic E-state index is 10.6. The summed E-state index contributed by atoms with van der Waals surface area (Å²) in [5.74, 6) is 0.842. The highest BCUT2D eigenvalue weighted by molar-refractivity contribution is 5.77. The number of hydrogen-bond acceptors (Lipinski definition) is 4. The van der Waals surface area contributed by atoms with Crippen LogP contribution in [0.25, 0.3) is 11.0 Å². The summed E-state index contributed by atoms with van der Waals surface area (Å²) in [5.41, 5.74) is 4.67. The van der Waals surface area contributed by atoms with Crippen molar-refractivity contribution in [3.05, 3.63) is 29.6 Å². The smallest absolute Gasteiger partial charge is 0.0959 e. The Morgan fingerprint density at radius 1 is 1.15 bits per heavy atom. The minimum Gasteiger partial charge on any atom is -0.390 e. The van der Waals surface area contributed by atoms with Crippen molar-refractivity contribution in [1.29, 1.82) is 0 Å². The van der Waals surface area contributed by atoms with Crippen LogP contribution in [0.3, 0.4) is 0 Å². The van der Waals surface area contributed by atoms with Crippen LogP contribution in [0.1, 0.15) is 30.4 Å². The third kappa shape index (κ3) is 4.84. The number of fused-ring (bicyclic) bond motifs is 1. The highest BCUT2D eigenvalue weighted by atomic mass is 16.3. The van der Waals surface area contributed by atoms with Crippen LogP contribution >= 0.6 is 0 Å². The maximum atomic E-state index is 10.6. The van der Waals surface area contributed by atoms with Gasteiger partial charge >= 0.3 is 0 Å². The molecule has 1 atom stereocenters. The highest BCUT2D eigenvalue weighted by Crippen LogP contribution is 2.22. The van der Waals surface area contributed by atoms with Gasteiger partial charge in [0.1, 0.15) is 0 Å². The zero-order valence-electron chi connectivity index (χ0n) is 16.8. The van der Waals surface area contributed by atoms with Gasteiger partial charge in [0.15, 0.2) is 0 Å². The summed E-state index contributed by atoms with van der Waals surface area (Å²) >= 11 is 0. The predicted octanol–water partition coefficient (Wildman–Crippen LogP) is 2.68. The number of β-amino-alcohol motifs (C(OH)–C–C–N with tert-alkyl or cyclic N) is 1. The van der Waals surface area contributed by atoms with Gasteiger partial charge in [-0.05, 0) is 96.0 Å². The summed E-state index contributed by atoms with van der Waals surface area (Å²) in [6, 6.07) is 4.31. The molecule has 2 heterocycles. The van der Waals surface area contributed by atoms with Crippen molar-refractivity contribution in [3.63, 3.8) is 0 Å². The Morgan fingerprint density at radius 2 is 1.85 bits per heavy atom. The number of aliphatic hydroxyl groups is 1. The van der Waals surface area contributed by atoms with E-state index in [4.69, 9.17) is 0 Å². The SMILES string of the molecule is Cc1cc2ncn(CC(O)CN3CCC(CCN(C)C)CC3)c2cc1C. The third-order valence-corrected chi connectivity index (χ3v) is 5.80. The van der Waals surface area contributed by atoms with Crippen molar-refractivity contribution >= 4 is 11.0 Å². The largest absolute Gasteiger partial charge is 0.390 e. The summed E-state index contributed by atoms with van der Waals surface area (Å²) < 4.78 is 2.09. The quantitative estimate of drug-likeness (QED) is 0.826. The van der Waals surface area contributed by atoms with Gasteiger partial charge in [0.2, 0.25) is 0 Å². The molecular formula is C21H34N4O. The normalized spacial score (nSPS) is 18.1. The molecule has 26 heavy (non-hydrogen) atoms. The number of rotatable bonds is 7. The fourth-order valence-corrected chi connectivity index (χ4v) is 3.94. The number of aryl methyl sites for hydroxylation is 2. The lowest BCUT2D eigenvalue weighted by molar-refractivity contribution is 0.0769. The van der Waals surface area contributed by atoms with E-state index < -0.39 is 0 Å². The highest BCUT2D eigenvalue weighted by Gasteiger charge is 2.21. The topological polar surface area (TPSA) is 44.5 Å². The molecular weight excluding hydrogens is 324 g/mol. The first kappa shape index (κ1) is 19.3. The molecule has 1 aromatic carbocycles. The standard InChI is InChI=1S/C21H34N4O/c1-16-11-20-21(12-17(16)2)25(15-22-20)14-19(26)13-24-9-6-18(7-10-24)5-8-23(3)4/h11-12,15,18-19,26H,5-10,13-14H2,1-4H3. The first-order chi connectivity index (χ1) is 12.4. The Labute approximate surface area is 157 Å². The number of hydrogen-bond donors (Lipinski definition) is 1. The summed E-state index contributed by atoms with van der Waals surface area (Å²) in [6.45, 7) is 9.01. The van der Waals surface area contributed by atoms with E-state index in [-0.39, 0.29) is 6.10 Å². The lowest BCUT2D eigenvalue weighted by Crippen LogP contribution is -2.40. The van der Waals surface area contributed by atoms with Crippen LogP contribution in [-0.2, 0) is 6.54 Å². The number of benzene rings is 1. The average molecular weight is 359 g/mol. The Kier molecular flexibility index (Phi) is 6.33. The fourth-order valence-electron chi connectivity index (χ4n) is 3.94. The summed E-state index contributed by atoms with van der Waals surface area (Å²) in [5, 5.41) is 10.6. The van der Waals surface area contributed by atoms with Gasteiger partial charge in [-0.15, -0.1) is 0 Å². The van der Waals surface area contributed by atoms with E-state index in [1.165, 1.54) is 36.9 Å². The van der Waals surface area contributed by atoms with E-state index in [0.717, 1.165) is 36.6 Å². The molecule has 144 valence electrons. The molecule has 1 unspecified atom stereocenters. The zero-order chi connectivity index (χ0) is 18.7. The molecule has 1 fully saturated rings. The minimum absolute atomic E-state index is 0.354. The molecule has 0 spiro atoms. The Morgan fingerprint density at radius 3 is 2.54 bits per heavy atom. The molecule has 5 nitrogen and oxygen atoms in total. The van der Waals surface area contributed by atoms with Crippen molar-refractivity contribution in [2.24, 2.45) is 5.92 Å². The number of piperidine rings is 1. The molecule has 0 radical (unpaired) electrons. The second kappa shape index (κ2) is 8.51. The van der Waals surface area contributed by atoms with E-state index in [0.29, 0.717) is 6.54 Å². The van der Waals surface area contributed by atoms with Gasteiger partial charge in [0, 0.05) is 6.54 Å². The Bertz CT molecular complexity index is 716. The molecule has 1 aliphatic heterocycles. The van der Waals surface area contributed by atoms with E-state index >= 15 is 0 Å². The number of likely N-dealkylation sites (tertiary alicyclic amines) is 1. The predicted molar refractivity (Wildman–Crippen MR) is 108 cm³/mol. The van der Waals surface area contributed by atoms with Gasteiger partial charge < -0.3 is 19.5 Å². The molecule has 1 aliphatic rings. The molecule has 0 aliphatic carbocycles. The van der Waals surface area contributed by atoms with Crippen LogP contribution in [0.2, 0.25) is 0 Å². The van der Waals surface area contributed by atoms with Crippen LogP contribution in [0.15, 0.2) is 18.5 Å². The molecule has 0 bridgehead atoms. The zero-order valence-corrected chi connectivity index (χ0v) is 16.8. The summed E-state index contributed by atoms with van der Waals surface area (Å²) in [6.07, 6.45) is 5.32. The van der Waals surface area contributed by atoms with Gasteiger partial charge in [-0.2, -0.15) is 0 Å². The third-order valence-electron chi connectivity index (χ3n) is 5.80. The lowest BCUT2D eigenvalue weighted by Gasteiger charge is -2.33. The molecule has 2 aromatic rings. The van der Waals surface area contributed by atoms with E-state index in [1.807, 2.05) is 6.33 Å². The maximum Gasteiger partial charge on any atom is 0.0959 e. The second-order valence-corrected chi connectivity index (χ2v) is 8.31. The first-order valence-corrected chi connectivity index (χ1v) is 9.89. The van der Waals surface area contributed by atoms with Gasteiger partial charge in [0.05, 0.1) is 30.0 Å². The first-order valence-electron chi connectivity index (χ1n) is 9.89. The second-order valence-electron chi connectivity index (χ2n) is 8.31. The van der Waals surface area contributed by atoms with Crippen LogP contribution in [0.5, 0.6) is 0 Å². The van der Waals surface area contributed by atoms with Crippen molar-refractivity contribution in [3.8, 4) is 0 Å². The fraction of sp³-hybridized carbons (Fsp3) is 0.667. The molecule has 1 aromatic heterocycles. The van der Waals surface area contributed by atoms with E-state index in [1.54, 1.807) is 0 Å². The Hall–Kier alpha value is -1.43. The molecule has 0 saturated carbocycles. The molecule has 0 amide bonds. The van der Waals surface area contributed by atoms with E-state index in [9.17, 15) is 5.11 Å². The average Bonchev–Trinajstić information content (AvgIpc) is 2.96. The number of aliphatic hydroxyl groups excluding tert-OH is 1. The van der Waals surface area contributed by atoms with Gasteiger partial charge in [0.25, 0.3) is 0 Å². The minimum atomic E-state index is -0.354. The number of nitrogens with zero attached hydrogens (tertiary/aromatic N) is 4. The summed E-state index contributed by atoms with van der Waals surface area (Å²) in [7, 11) is 4.29. The van der Waals surface area contributed by atoms with Gasteiger partial charge in [-0.25, -0.2) is 4.98 Å².